The summed E-state index contributed by atoms with van der Waals surface area (Å²) in [5, 5.41) is 2.86. The zero-order valence-electron chi connectivity index (χ0n) is 13.0. The van der Waals surface area contributed by atoms with Crippen molar-refractivity contribution < 1.29 is 13.2 Å². The molecule has 1 aliphatic heterocycles. The predicted molar refractivity (Wildman–Crippen MR) is 86.1 cm³/mol. The minimum atomic E-state index is -3.33. The molecule has 0 bridgehead atoms. The molecular formula is C16H24N2O3S. The minimum absolute atomic E-state index is 0.0655. The van der Waals surface area contributed by atoms with Crippen molar-refractivity contribution in [3.05, 3.63) is 29.8 Å². The summed E-state index contributed by atoms with van der Waals surface area (Å²) >= 11 is 0. The van der Waals surface area contributed by atoms with Gasteiger partial charge in [0.25, 0.3) is 0 Å². The summed E-state index contributed by atoms with van der Waals surface area (Å²) in [5.74, 6) is 0.0655. The third-order valence-electron chi connectivity index (χ3n) is 3.84. The van der Waals surface area contributed by atoms with Gasteiger partial charge in [-0.1, -0.05) is 19.1 Å². The lowest BCUT2D eigenvalue weighted by atomic mass is 10.1. The summed E-state index contributed by atoms with van der Waals surface area (Å²) in [6, 6.07) is 6.98. The van der Waals surface area contributed by atoms with Gasteiger partial charge in [-0.05, 0) is 43.4 Å². The van der Waals surface area contributed by atoms with Crippen molar-refractivity contribution in [1.29, 1.82) is 0 Å². The fourth-order valence-electron chi connectivity index (χ4n) is 2.57. The molecule has 2 rings (SSSR count). The van der Waals surface area contributed by atoms with Gasteiger partial charge in [0, 0.05) is 26.1 Å². The van der Waals surface area contributed by atoms with Crippen LogP contribution >= 0.6 is 0 Å². The molecule has 1 N–H and O–H groups in total. The molecule has 1 fully saturated rings. The summed E-state index contributed by atoms with van der Waals surface area (Å²) in [6.45, 7) is 3.79. The lowest BCUT2D eigenvalue weighted by Gasteiger charge is -2.15. The lowest BCUT2D eigenvalue weighted by Crippen LogP contribution is -2.27. The summed E-state index contributed by atoms with van der Waals surface area (Å²) in [4.78, 5) is 11.7. The highest BCUT2D eigenvalue weighted by molar-refractivity contribution is 7.89. The van der Waals surface area contributed by atoms with E-state index in [-0.39, 0.29) is 5.91 Å². The Morgan fingerprint density at radius 2 is 1.82 bits per heavy atom. The van der Waals surface area contributed by atoms with Crippen LogP contribution in [0.4, 0.5) is 0 Å². The first-order chi connectivity index (χ1) is 10.5. The van der Waals surface area contributed by atoms with Gasteiger partial charge in [0.05, 0.1) is 4.90 Å². The fourth-order valence-corrected chi connectivity index (χ4v) is 4.08. The van der Waals surface area contributed by atoms with Crippen molar-refractivity contribution in [2.75, 3.05) is 19.6 Å². The number of nitrogens with one attached hydrogen (secondary N) is 1. The van der Waals surface area contributed by atoms with E-state index in [2.05, 4.69) is 5.32 Å². The molecular weight excluding hydrogens is 300 g/mol. The minimum Gasteiger partial charge on any atom is -0.356 e. The van der Waals surface area contributed by atoms with Gasteiger partial charge in [0.15, 0.2) is 0 Å². The molecule has 22 heavy (non-hydrogen) atoms. The average Bonchev–Trinajstić information content (AvgIpc) is 3.03. The van der Waals surface area contributed by atoms with Gasteiger partial charge in [-0.15, -0.1) is 0 Å². The number of benzene rings is 1. The highest BCUT2D eigenvalue weighted by atomic mass is 32.2. The van der Waals surface area contributed by atoms with E-state index in [0.29, 0.717) is 37.4 Å². The van der Waals surface area contributed by atoms with Crippen LogP contribution in [0.15, 0.2) is 29.2 Å². The molecule has 1 amide bonds. The Hall–Kier alpha value is -1.40. The molecule has 5 nitrogen and oxygen atoms in total. The van der Waals surface area contributed by atoms with Crippen molar-refractivity contribution in [2.45, 2.75) is 43.9 Å². The summed E-state index contributed by atoms with van der Waals surface area (Å²) in [7, 11) is -3.33. The van der Waals surface area contributed by atoms with Gasteiger partial charge in [0.1, 0.15) is 0 Å². The van der Waals surface area contributed by atoms with E-state index in [0.717, 1.165) is 24.8 Å². The smallest absolute Gasteiger partial charge is 0.243 e. The number of rotatable bonds is 7. The van der Waals surface area contributed by atoms with E-state index in [1.807, 2.05) is 19.1 Å². The number of carbonyl (C=O) groups is 1. The Kier molecular flexibility index (Phi) is 5.97. The van der Waals surface area contributed by atoms with E-state index in [9.17, 15) is 13.2 Å². The highest BCUT2D eigenvalue weighted by Gasteiger charge is 2.26. The average molecular weight is 324 g/mol. The topological polar surface area (TPSA) is 66.5 Å². The maximum absolute atomic E-state index is 12.4. The Morgan fingerprint density at radius 3 is 2.41 bits per heavy atom. The first kappa shape index (κ1) is 17.0. The Morgan fingerprint density at radius 1 is 1.18 bits per heavy atom. The maximum Gasteiger partial charge on any atom is 0.243 e. The third kappa shape index (κ3) is 4.30. The van der Waals surface area contributed by atoms with Crippen LogP contribution in [0, 0.1) is 0 Å². The van der Waals surface area contributed by atoms with E-state index in [1.165, 1.54) is 0 Å². The van der Waals surface area contributed by atoms with Crippen LogP contribution in [-0.2, 0) is 21.2 Å². The molecule has 0 aliphatic carbocycles. The fraction of sp³-hybridized carbons (Fsp3) is 0.562. The van der Waals surface area contributed by atoms with Crippen LogP contribution in [0.1, 0.15) is 38.2 Å². The molecule has 0 saturated carbocycles. The van der Waals surface area contributed by atoms with Crippen molar-refractivity contribution in [1.82, 2.24) is 9.62 Å². The van der Waals surface area contributed by atoms with Crippen molar-refractivity contribution >= 4 is 15.9 Å². The Balaban J connectivity index is 1.91. The number of amides is 1. The SMILES string of the molecule is CCCC(=O)NCCc1ccc(S(=O)(=O)N2CCCC2)cc1. The molecule has 1 saturated heterocycles. The molecule has 1 heterocycles. The van der Waals surface area contributed by atoms with Gasteiger partial charge < -0.3 is 5.32 Å². The van der Waals surface area contributed by atoms with Crippen LogP contribution in [0.5, 0.6) is 0 Å². The van der Waals surface area contributed by atoms with Crippen molar-refractivity contribution in [3.63, 3.8) is 0 Å². The normalized spacial score (nSPS) is 15.9. The van der Waals surface area contributed by atoms with E-state index in [4.69, 9.17) is 0 Å². The van der Waals surface area contributed by atoms with Crippen LogP contribution in [0.3, 0.4) is 0 Å². The van der Waals surface area contributed by atoms with Crippen molar-refractivity contribution in [3.8, 4) is 0 Å². The molecule has 0 radical (unpaired) electrons. The molecule has 0 atom stereocenters. The van der Waals surface area contributed by atoms with Crippen LogP contribution in [-0.4, -0.2) is 38.3 Å². The first-order valence-electron chi connectivity index (χ1n) is 7.90. The van der Waals surface area contributed by atoms with Crippen LogP contribution in [0.2, 0.25) is 0 Å². The molecule has 0 unspecified atom stereocenters. The Labute approximate surface area is 132 Å². The summed E-state index contributed by atoms with van der Waals surface area (Å²) in [6.07, 6.45) is 3.98. The highest BCUT2D eigenvalue weighted by Crippen LogP contribution is 2.21. The zero-order valence-corrected chi connectivity index (χ0v) is 13.9. The number of carbonyl (C=O) groups excluding carboxylic acids is 1. The van der Waals surface area contributed by atoms with Crippen LogP contribution in [0.25, 0.3) is 0 Å². The molecule has 1 aromatic rings. The number of hydrogen-bond acceptors (Lipinski definition) is 3. The van der Waals surface area contributed by atoms with Gasteiger partial charge >= 0.3 is 0 Å². The van der Waals surface area contributed by atoms with E-state index in [1.54, 1.807) is 16.4 Å². The maximum atomic E-state index is 12.4. The number of hydrogen-bond donors (Lipinski definition) is 1. The molecule has 1 aromatic carbocycles. The molecule has 0 aromatic heterocycles. The zero-order chi connectivity index (χ0) is 16.0. The van der Waals surface area contributed by atoms with Gasteiger partial charge in [-0.25, -0.2) is 8.42 Å². The number of nitrogens with zero attached hydrogens (tertiary/aromatic N) is 1. The van der Waals surface area contributed by atoms with Gasteiger partial charge in [-0.3, -0.25) is 4.79 Å². The quantitative estimate of drug-likeness (QED) is 0.833. The molecule has 0 spiro atoms. The largest absolute Gasteiger partial charge is 0.356 e. The van der Waals surface area contributed by atoms with Gasteiger partial charge in [0.2, 0.25) is 15.9 Å². The van der Waals surface area contributed by atoms with Crippen LogP contribution < -0.4 is 5.32 Å². The number of sulfonamides is 1. The van der Waals surface area contributed by atoms with Gasteiger partial charge in [-0.2, -0.15) is 4.31 Å². The predicted octanol–water partition coefficient (Wildman–Crippen LogP) is 1.93. The Bertz CT molecular complexity index is 590. The summed E-state index contributed by atoms with van der Waals surface area (Å²) < 4.78 is 26.3. The monoisotopic (exact) mass is 324 g/mol. The van der Waals surface area contributed by atoms with Crippen molar-refractivity contribution in [2.24, 2.45) is 0 Å². The summed E-state index contributed by atoms with van der Waals surface area (Å²) in [5.41, 5.74) is 1.03. The lowest BCUT2D eigenvalue weighted by molar-refractivity contribution is -0.121. The molecule has 122 valence electrons. The van der Waals surface area contributed by atoms with E-state index < -0.39 is 10.0 Å². The second-order valence-electron chi connectivity index (χ2n) is 5.61. The molecule has 6 heteroatoms. The third-order valence-corrected chi connectivity index (χ3v) is 5.75. The van der Waals surface area contributed by atoms with E-state index >= 15 is 0 Å². The molecule has 1 aliphatic rings. The standard InChI is InChI=1S/C16H24N2O3S/c1-2-5-16(19)17-11-10-14-6-8-15(9-7-14)22(20,21)18-12-3-4-13-18/h6-9H,2-5,10-13H2,1H3,(H,17,19). The second-order valence-corrected chi connectivity index (χ2v) is 7.54. The second kappa shape index (κ2) is 7.74. The first-order valence-corrected chi connectivity index (χ1v) is 9.34.